The fraction of sp³-hybridized carbons (Fsp3) is 0.267. The molecular formula is C15H16N4S2. The molecule has 0 fully saturated rings. The fourth-order valence-corrected chi connectivity index (χ4v) is 3.25. The molecule has 0 aliphatic heterocycles. The van der Waals surface area contributed by atoms with E-state index in [1.807, 2.05) is 30.3 Å². The lowest BCUT2D eigenvalue weighted by atomic mass is 10.2. The quantitative estimate of drug-likeness (QED) is 0.758. The second kappa shape index (κ2) is 6.32. The SMILES string of the molecule is CC(C)c1nc(CNc2nc(-c3ccccc3)ns2)cs1. The lowest BCUT2D eigenvalue weighted by molar-refractivity contribution is 0.841. The smallest absolute Gasteiger partial charge is 0.203 e. The minimum Gasteiger partial charge on any atom is -0.355 e. The third-order valence-electron chi connectivity index (χ3n) is 2.94. The van der Waals surface area contributed by atoms with Crippen molar-refractivity contribution in [1.82, 2.24) is 14.3 Å². The van der Waals surface area contributed by atoms with Gasteiger partial charge in [-0.05, 0) is 0 Å². The van der Waals surface area contributed by atoms with Crippen molar-refractivity contribution in [3.05, 3.63) is 46.4 Å². The molecule has 2 aromatic heterocycles. The Hall–Kier alpha value is -1.79. The number of thiazole rings is 1. The summed E-state index contributed by atoms with van der Waals surface area (Å²) in [5.74, 6) is 1.25. The Morgan fingerprint density at radius 2 is 1.95 bits per heavy atom. The molecule has 1 aromatic carbocycles. The van der Waals surface area contributed by atoms with Crippen molar-refractivity contribution in [2.75, 3.05) is 5.32 Å². The van der Waals surface area contributed by atoms with Gasteiger partial charge in [-0.2, -0.15) is 9.36 Å². The summed E-state index contributed by atoms with van der Waals surface area (Å²) >= 11 is 3.09. The van der Waals surface area contributed by atoms with Crippen LogP contribution in [-0.4, -0.2) is 14.3 Å². The average molecular weight is 316 g/mol. The molecule has 0 unspecified atom stereocenters. The number of aromatic nitrogens is 3. The van der Waals surface area contributed by atoms with Gasteiger partial charge in [0.15, 0.2) is 5.82 Å². The zero-order valence-corrected chi connectivity index (χ0v) is 13.5. The first-order chi connectivity index (χ1) is 10.2. The van der Waals surface area contributed by atoms with Crippen LogP contribution < -0.4 is 5.32 Å². The Morgan fingerprint density at radius 1 is 1.14 bits per heavy atom. The summed E-state index contributed by atoms with van der Waals surface area (Å²) in [4.78, 5) is 9.11. The molecule has 0 atom stereocenters. The number of rotatable bonds is 5. The Labute approximate surface area is 132 Å². The standard InChI is InChI=1S/C15H16N4S2/c1-10(2)14-17-12(9-20-14)8-16-15-18-13(19-21-15)11-6-4-3-5-7-11/h3-7,9-10H,8H2,1-2H3,(H,16,18,19). The molecule has 0 bridgehead atoms. The third kappa shape index (κ3) is 3.46. The van der Waals surface area contributed by atoms with E-state index < -0.39 is 0 Å². The number of hydrogen-bond donors (Lipinski definition) is 1. The van der Waals surface area contributed by atoms with Crippen molar-refractivity contribution in [1.29, 1.82) is 0 Å². The summed E-state index contributed by atoms with van der Waals surface area (Å²) in [5, 5.41) is 7.39. The highest BCUT2D eigenvalue weighted by Crippen LogP contribution is 2.22. The molecule has 3 rings (SSSR count). The molecule has 0 aliphatic carbocycles. The molecule has 4 nitrogen and oxygen atoms in total. The molecule has 0 spiro atoms. The zero-order valence-electron chi connectivity index (χ0n) is 11.9. The maximum atomic E-state index is 4.60. The molecule has 3 aromatic rings. The van der Waals surface area contributed by atoms with Crippen molar-refractivity contribution >= 4 is 28.0 Å². The van der Waals surface area contributed by atoms with Crippen LogP contribution in [0.25, 0.3) is 11.4 Å². The number of benzene rings is 1. The van der Waals surface area contributed by atoms with Gasteiger partial charge in [-0.1, -0.05) is 44.2 Å². The summed E-state index contributed by atoms with van der Waals surface area (Å²) in [6, 6.07) is 10.0. The number of hydrogen-bond acceptors (Lipinski definition) is 6. The maximum absolute atomic E-state index is 4.60. The van der Waals surface area contributed by atoms with Gasteiger partial charge in [0, 0.05) is 28.4 Å². The Balaban J connectivity index is 1.65. The van der Waals surface area contributed by atoms with E-state index in [1.54, 1.807) is 11.3 Å². The van der Waals surface area contributed by atoms with Gasteiger partial charge in [0.25, 0.3) is 0 Å². The van der Waals surface area contributed by atoms with Gasteiger partial charge in [-0.3, -0.25) is 0 Å². The first kappa shape index (κ1) is 14.2. The predicted octanol–water partition coefficient (Wildman–Crippen LogP) is 4.40. The molecule has 0 saturated carbocycles. The molecule has 0 amide bonds. The van der Waals surface area contributed by atoms with E-state index in [2.05, 4.69) is 38.9 Å². The van der Waals surface area contributed by atoms with Crippen molar-refractivity contribution in [3.8, 4) is 11.4 Å². The van der Waals surface area contributed by atoms with Gasteiger partial charge in [0.05, 0.1) is 17.2 Å². The monoisotopic (exact) mass is 316 g/mol. The highest BCUT2D eigenvalue weighted by atomic mass is 32.1. The van der Waals surface area contributed by atoms with Gasteiger partial charge in [-0.25, -0.2) is 4.98 Å². The summed E-state index contributed by atoms with van der Waals surface area (Å²) in [7, 11) is 0. The van der Waals surface area contributed by atoms with Crippen LogP contribution in [0.4, 0.5) is 5.13 Å². The molecule has 6 heteroatoms. The topological polar surface area (TPSA) is 50.7 Å². The zero-order chi connectivity index (χ0) is 14.7. The van der Waals surface area contributed by atoms with Crippen molar-refractivity contribution in [2.24, 2.45) is 0 Å². The molecule has 2 heterocycles. The van der Waals surface area contributed by atoms with E-state index in [9.17, 15) is 0 Å². The van der Waals surface area contributed by atoms with Crippen molar-refractivity contribution < 1.29 is 0 Å². The van der Waals surface area contributed by atoms with E-state index in [0.717, 1.165) is 22.2 Å². The highest BCUT2D eigenvalue weighted by molar-refractivity contribution is 7.10. The lowest BCUT2D eigenvalue weighted by Gasteiger charge is -1.99. The van der Waals surface area contributed by atoms with Crippen LogP contribution in [0.5, 0.6) is 0 Å². The van der Waals surface area contributed by atoms with Crippen LogP contribution in [-0.2, 0) is 6.54 Å². The summed E-state index contributed by atoms with van der Waals surface area (Å²) < 4.78 is 4.38. The van der Waals surface area contributed by atoms with Crippen molar-refractivity contribution in [2.45, 2.75) is 26.3 Å². The van der Waals surface area contributed by atoms with Crippen LogP contribution >= 0.6 is 22.9 Å². The van der Waals surface area contributed by atoms with E-state index in [0.29, 0.717) is 12.5 Å². The predicted molar refractivity (Wildman–Crippen MR) is 88.9 cm³/mol. The summed E-state index contributed by atoms with van der Waals surface area (Å²) in [6.45, 7) is 5.01. The Bertz CT molecular complexity index is 703. The molecule has 0 saturated heterocycles. The van der Waals surface area contributed by atoms with E-state index in [4.69, 9.17) is 0 Å². The van der Waals surface area contributed by atoms with Crippen LogP contribution in [0.3, 0.4) is 0 Å². The van der Waals surface area contributed by atoms with E-state index in [-0.39, 0.29) is 0 Å². The summed E-state index contributed by atoms with van der Waals surface area (Å²) in [6.07, 6.45) is 0. The fourth-order valence-electron chi connectivity index (χ4n) is 1.83. The minimum atomic E-state index is 0.481. The molecular weight excluding hydrogens is 300 g/mol. The van der Waals surface area contributed by atoms with Gasteiger partial charge >= 0.3 is 0 Å². The third-order valence-corrected chi connectivity index (χ3v) is 4.81. The van der Waals surface area contributed by atoms with Crippen molar-refractivity contribution in [3.63, 3.8) is 0 Å². The first-order valence-electron chi connectivity index (χ1n) is 6.79. The minimum absolute atomic E-state index is 0.481. The normalized spacial score (nSPS) is 11.0. The maximum Gasteiger partial charge on any atom is 0.203 e. The molecule has 1 N–H and O–H groups in total. The highest BCUT2D eigenvalue weighted by Gasteiger charge is 2.08. The van der Waals surface area contributed by atoms with Crippen LogP contribution in [0.15, 0.2) is 35.7 Å². The Kier molecular flexibility index (Phi) is 4.26. The number of nitrogens with zero attached hydrogens (tertiary/aromatic N) is 3. The number of anilines is 1. The van der Waals surface area contributed by atoms with E-state index in [1.165, 1.54) is 16.5 Å². The largest absolute Gasteiger partial charge is 0.355 e. The molecule has 0 radical (unpaired) electrons. The molecule has 108 valence electrons. The van der Waals surface area contributed by atoms with Gasteiger partial charge in [0.2, 0.25) is 5.13 Å². The van der Waals surface area contributed by atoms with Gasteiger partial charge < -0.3 is 5.32 Å². The lowest BCUT2D eigenvalue weighted by Crippen LogP contribution is -1.99. The second-order valence-corrected chi connectivity index (χ2v) is 6.62. The van der Waals surface area contributed by atoms with Gasteiger partial charge in [-0.15, -0.1) is 11.3 Å². The summed E-state index contributed by atoms with van der Waals surface area (Å²) in [5.41, 5.74) is 2.10. The first-order valence-corrected chi connectivity index (χ1v) is 8.45. The van der Waals surface area contributed by atoms with Gasteiger partial charge in [0.1, 0.15) is 0 Å². The van der Waals surface area contributed by atoms with Crippen LogP contribution in [0, 0.1) is 0 Å². The molecule has 0 aliphatic rings. The Morgan fingerprint density at radius 3 is 2.67 bits per heavy atom. The molecule has 21 heavy (non-hydrogen) atoms. The van der Waals surface area contributed by atoms with Crippen LogP contribution in [0.2, 0.25) is 0 Å². The number of nitrogens with one attached hydrogen (secondary N) is 1. The van der Waals surface area contributed by atoms with Crippen LogP contribution in [0.1, 0.15) is 30.5 Å². The average Bonchev–Trinajstić information content (AvgIpc) is 3.15. The van der Waals surface area contributed by atoms with E-state index >= 15 is 0 Å². The second-order valence-electron chi connectivity index (χ2n) is 4.97.